The predicted molar refractivity (Wildman–Crippen MR) is 44.0 cm³/mol. The summed E-state index contributed by atoms with van der Waals surface area (Å²) in [6, 6.07) is -0.468. The maximum absolute atomic E-state index is 10.3. The van der Waals surface area contributed by atoms with Gasteiger partial charge in [0.1, 0.15) is 0 Å². The molecule has 0 aliphatic heterocycles. The molecular formula is C8H12N2O. The second-order valence-corrected chi connectivity index (χ2v) is 2.48. The lowest BCUT2D eigenvalue weighted by Crippen LogP contribution is -2.30. The Balaban J connectivity index is 2.31. The molecule has 0 saturated carbocycles. The SMILES string of the molecule is NC(=O)NCC1=CCCC=C1. The van der Waals surface area contributed by atoms with E-state index >= 15 is 0 Å². The molecule has 3 N–H and O–H groups in total. The first kappa shape index (κ1) is 7.85. The van der Waals surface area contributed by atoms with Gasteiger partial charge in [0.15, 0.2) is 0 Å². The maximum Gasteiger partial charge on any atom is 0.312 e. The Morgan fingerprint density at radius 3 is 3.00 bits per heavy atom. The highest BCUT2D eigenvalue weighted by Gasteiger charge is 1.97. The number of nitrogens with two attached hydrogens (primary N) is 1. The number of rotatable bonds is 2. The number of carbonyl (C=O) groups is 1. The second-order valence-electron chi connectivity index (χ2n) is 2.48. The van der Waals surface area contributed by atoms with Crippen LogP contribution in [0.5, 0.6) is 0 Å². The third-order valence-corrected chi connectivity index (χ3v) is 1.54. The molecule has 1 aliphatic carbocycles. The highest BCUT2D eigenvalue weighted by Crippen LogP contribution is 2.07. The number of hydrogen-bond donors (Lipinski definition) is 2. The van der Waals surface area contributed by atoms with Crippen LogP contribution in [0.3, 0.4) is 0 Å². The Kier molecular flexibility index (Phi) is 2.72. The standard InChI is InChI=1S/C8H12N2O/c9-8(11)10-6-7-4-2-1-3-5-7/h2,4-5H,1,3,6H2,(H3,9,10,11). The maximum atomic E-state index is 10.3. The van der Waals surface area contributed by atoms with E-state index in [9.17, 15) is 4.79 Å². The summed E-state index contributed by atoms with van der Waals surface area (Å²) in [5.41, 5.74) is 6.04. The van der Waals surface area contributed by atoms with E-state index < -0.39 is 6.03 Å². The number of urea groups is 1. The van der Waals surface area contributed by atoms with Crippen LogP contribution >= 0.6 is 0 Å². The zero-order chi connectivity index (χ0) is 8.10. The molecule has 0 fully saturated rings. The van der Waals surface area contributed by atoms with Crippen molar-refractivity contribution in [3.63, 3.8) is 0 Å². The van der Waals surface area contributed by atoms with Crippen molar-refractivity contribution in [1.82, 2.24) is 5.32 Å². The molecule has 2 amide bonds. The molecule has 0 saturated heterocycles. The molecule has 0 aromatic rings. The minimum Gasteiger partial charge on any atom is -0.352 e. The summed E-state index contributed by atoms with van der Waals surface area (Å²) in [4.78, 5) is 10.3. The van der Waals surface area contributed by atoms with Crippen LogP contribution in [0.4, 0.5) is 4.79 Å². The fourth-order valence-electron chi connectivity index (χ4n) is 0.988. The van der Waals surface area contributed by atoms with Crippen LogP contribution in [-0.4, -0.2) is 12.6 Å². The predicted octanol–water partition coefficient (Wildman–Crippen LogP) is 0.931. The molecule has 0 aromatic heterocycles. The highest BCUT2D eigenvalue weighted by atomic mass is 16.2. The number of primary amides is 1. The van der Waals surface area contributed by atoms with Crippen LogP contribution < -0.4 is 11.1 Å². The van der Waals surface area contributed by atoms with Crippen LogP contribution in [0.15, 0.2) is 23.8 Å². The molecule has 3 nitrogen and oxygen atoms in total. The third-order valence-electron chi connectivity index (χ3n) is 1.54. The second kappa shape index (κ2) is 3.81. The van der Waals surface area contributed by atoms with Gasteiger partial charge < -0.3 is 11.1 Å². The Bertz CT molecular complexity index is 206. The molecule has 1 rings (SSSR count). The van der Waals surface area contributed by atoms with E-state index in [1.54, 1.807) is 0 Å². The molecule has 0 heterocycles. The van der Waals surface area contributed by atoms with Crippen LogP contribution in [0, 0.1) is 0 Å². The van der Waals surface area contributed by atoms with E-state index in [1.165, 1.54) is 0 Å². The molecular weight excluding hydrogens is 140 g/mol. The third kappa shape index (κ3) is 2.89. The van der Waals surface area contributed by atoms with Crippen molar-refractivity contribution in [3.8, 4) is 0 Å². The van der Waals surface area contributed by atoms with E-state index in [4.69, 9.17) is 5.73 Å². The van der Waals surface area contributed by atoms with E-state index in [0.29, 0.717) is 6.54 Å². The Hall–Kier alpha value is -1.25. The summed E-state index contributed by atoms with van der Waals surface area (Å²) in [5, 5.41) is 2.53. The number of hydrogen-bond acceptors (Lipinski definition) is 1. The van der Waals surface area contributed by atoms with Crippen LogP contribution in [-0.2, 0) is 0 Å². The first-order chi connectivity index (χ1) is 5.29. The molecule has 0 spiro atoms. The van der Waals surface area contributed by atoms with Gasteiger partial charge in [0.05, 0.1) is 0 Å². The summed E-state index contributed by atoms with van der Waals surface area (Å²) in [6.45, 7) is 0.547. The zero-order valence-corrected chi connectivity index (χ0v) is 6.34. The van der Waals surface area contributed by atoms with Gasteiger partial charge in [-0.3, -0.25) is 0 Å². The van der Waals surface area contributed by atoms with Crippen molar-refractivity contribution < 1.29 is 4.79 Å². The van der Waals surface area contributed by atoms with Gasteiger partial charge in [-0.05, 0) is 18.4 Å². The molecule has 0 bridgehead atoms. The van der Waals surface area contributed by atoms with Crippen molar-refractivity contribution >= 4 is 6.03 Å². The highest BCUT2D eigenvalue weighted by molar-refractivity contribution is 5.72. The average molecular weight is 152 g/mol. The average Bonchev–Trinajstić information content (AvgIpc) is 2.03. The smallest absolute Gasteiger partial charge is 0.312 e. The van der Waals surface area contributed by atoms with Gasteiger partial charge in [-0.15, -0.1) is 0 Å². The van der Waals surface area contributed by atoms with Gasteiger partial charge >= 0.3 is 6.03 Å². The fourth-order valence-corrected chi connectivity index (χ4v) is 0.988. The molecule has 0 radical (unpaired) electrons. The quantitative estimate of drug-likeness (QED) is 0.607. The van der Waals surface area contributed by atoms with Gasteiger partial charge in [-0.2, -0.15) is 0 Å². The van der Waals surface area contributed by atoms with E-state index in [-0.39, 0.29) is 0 Å². The molecule has 0 aromatic carbocycles. The number of nitrogens with one attached hydrogen (secondary N) is 1. The van der Waals surface area contributed by atoms with Crippen LogP contribution in [0.2, 0.25) is 0 Å². The molecule has 11 heavy (non-hydrogen) atoms. The van der Waals surface area contributed by atoms with Crippen molar-refractivity contribution in [2.75, 3.05) is 6.54 Å². The number of allylic oxidation sites excluding steroid dienone is 2. The summed E-state index contributed by atoms with van der Waals surface area (Å²) in [6.07, 6.45) is 8.37. The lowest BCUT2D eigenvalue weighted by atomic mass is 10.1. The van der Waals surface area contributed by atoms with Gasteiger partial charge in [-0.1, -0.05) is 18.2 Å². The Morgan fingerprint density at radius 2 is 2.45 bits per heavy atom. The molecule has 3 heteroatoms. The Labute approximate surface area is 66.0 Å². The normalized spacial score (nSPS) is 15.8. The largest absolute Gasteiger partial charge is 0.352 e. The fraction of sp³-hybridized carbons (Fsp3) is 0.375. The van der Waals surface area contributed by atoms with Gasteiger partial charge in [0.2, 0.25) is 0 Å². The van der Waals surface area contributed by atoms with E-state index in [1.807, 2.05) is 6.08 Å². The molecule has 60 valence electrons. The van der Waals surface area contributed by atoms with Gasteiger partial charge in [0.25, 0.3) is 0 Å². The Morgan fingerprint density at radius 1 is 1.64 bits per heavy atom. The van der Waals surface area contributed by atoms with Gasteiger partial charge in [0, 0.05) is 6.54 Å². The number of carbonyl (C=O) groups excluding carboxylic acids is 1. The lowest BCUT2D eigenvalue weighted by Gasteiger charge is -2.06. The number of amides is 2. The van der Waals surface area contributed by atoms with Crippen molar-refractivity contribution in [3.05, 3.63) is 23.8 Å². The topological polar surface area (TPSA) is 55.1 Å². The van der Waals surface area contributed by atoms with Crippen molar-refractivity contribution in [2.45, 2.75) is 12.8 Å². The summed E-state index contributed by atoms with van der Waals surface area (Å²) >= 11 is 0. The van der Waals surface area contributed by atoms with Crippen molar-refractivity contribution in [1.29, 1.82) is 0 Å². The van der Waals surface area contributed by atoms with Crippen LogP contribution in [0.1, 0.15) is 12.8 Å². The van der Waals surface area contributed by atoms with Crippen LogP contribution in [0.25, 0.3) is 0 Å². The monoisotopic (exact) mass is 152 g/mol. The molecule has 1 aliphatic rings. The molecule has 0 unspecified atom stereocenters. The van der Waals surface area contributed by atoms with Gasteiger partial charge in [-0.25, -0.2) is 4.79 Å². The lowest BCUT2D eigenvalue weighted by molar-refractivity contribution is 0.249. The molecule has 0 atom stereocenters. The minimum absolute atomic E-state index is 0.468. The first-order valence-electron chi connectivity index (χ1n) is 3.68. The first-order valence-corrected chi connectivity index (χ1v) is 3.68. The summed E-state index contributed by atoms with van der Waals surface area (Å²) in [5.74, 6) is 0. The van der Waals surface area contributed by atoms with E-state index in [0.717, 1.165) is 18.4 Å². The summed E-state index contributed by atoms with van der Waals surface area (Å²) in [7, 11) is 0. The van der Waals surface area contributed by atoms with E-state index in [2.05, 4.69) is 17.5 Å². The summed E-state index contributed by atoms with van der Waals surface area (Å²) < 4.78 is 0. The zero-order valence-electron chi connectivity index (χ0n) is 6.34. The minimum atomic E-state index is -0.468. The van der Waals surface area contributed by atoms with Crippen molar-refractivity contribution in [2.24, 2.45) is 5.73 Å².